The van der Waals surface area contributed by atoms with E-state index in [4.69, 9.17) is 14.9 Å². The molecular weight excluding hydrogens is 598 g/mol. The summed E-state index contributed by atoms with van der Waals surface area (Å²) < 4.78 is 6.75. The van der Waals surface area contributed by atoms with Gasteiger partial charge in [-0.05, 0) is 149 Å². The number of allylic oxidation sites excluding steroid dienone is 1. The Morgan fingerprint density at radius 1 is 1.00 bits per heavy atom. The van der Waals surface area contributed by atoms with Crippen molar-refractivity contribution in [2.75, 3.05) is 13.1 Å². The van der Waals surface area contributed by atoms with E-state index in [-0.39, 0.29) is 34.8 Å². The van der Waals surface area contributed by atoms with Gasteiger partial charge in [-0.25, -0.2) is 0 Å². The van der Waals surface area contributed by atoms with Crippen LogP contribution in [-0.4, -0.2) is 68.6 Å². The molecule has 48 heavy (non-hydrogen) atoms. The number of piperidine rings is 1. The molecule has 2 aliphatic heterocycles. The number of likely N-dealkylation sites (tertiary alicyclic amines) is 1. The Bertz CT molecular complexity index is 1650. The summed E-state index contributed by atoms with van der Waals surface area (Å²) in [6.45, 7) is 9.33. The normalized spacial score (nSPS) is 48.3. The van der Waals surface area contributed by atoms with Gasteiger partial charge in [0.1, 0.15) is 0 Å². The molecular formula is C41H55N3O4. The molecule has 7 aliphatic carbocycles. The second-order valence-electron chi connectivity index (χ2n) is 18.4. The lowest BCUT2D eigenvalue weighted by molar-refractivity contribution is -0.166. The average Bonchev–Trinajstić information content (AvgIpc) is 3.70. The molecule has 3 N–H and O–H groups in total. The molecule has 9 aliphatic rings. The Hall–Kier alpha value is -2.22. The number of phenolic OH excluding ortho intramolecular Hbond substituents is 1. The van der Waals surface area contributed by atoms with E-state index < -0.39 is 11.0 Å². The van der Waals surface area contributed by atoms with E-state index in [1.54, 1.807) is 11.6 Å². The van der Waals surface area contributed by atoms with Gasteiger partial charge in [0.25, 0.3) is 0 Å². The Balaban J connectivity index is 0.951. The molecule has 7 nitrogen and oxygen atoms in total. The molecule has 1 aromatic carbocycles. The van der Waals surface area contributed by atoms with E-state index in [2.05, 4.69) is 37.8 Å². The molecule has 0 radical (unpaired) electrons. The van der Waals surface area contributed by atoms with Crippen molar-refractivity contribution in [3.63, 3.8) is 0 Å². The smallest absolute Gasteiger partial charge is 0.166 e. The zero-order chi connectivity index (χ0) is 32.8. The van der Waals surface area contributed by atoms with Crippen LogP contribution in [-0.2, 0) is 11.8 Å². The standard InChI is InChI=1S/C41H55N3O4/c1-23(29-9-10-30-28-8-7-26-21-27(45)12-15-38(26,2)31(28)13-16-39(29,30)3)42-43-32-14-17-41(47)34-20-25-6-11-33(46)36-35(25)40(41,37(32)48-36)18-19-44(34)22-24-4-5-24/h6-7,11,24,27-31,34,37,45-47H,4-5,8-10,12-22H2,1-3H3/b42-23+,43-32+/t27-,28-,29+,30-,31-,34?,37+,38-,39+,40?,41?/m0/s1. The first kappa shape index (κ1) is 30.6. The minimum absolute atomic E-state index is 0.0740. The van der Waals surface area contributed by atoms with Crippen molar-refractivity contribution in [1.82, 2.24) is 4.90 Å². The van der Waals surface area contributed by atoms with Crippen LogP contribution in [0, 0.1) is 40.4 Å². The van der Waals surface area contributed by atoms with Crippen LogP contribution in [0.5, 0.6) is 11.5 Å². The van der Waals surface area contributed by atoms with Crippen LogP contribution in [0.25, 0.3) is 0 Å². The van der Waals surface area contributed by atoms with Crippen molar-refractivity contribution in [3.8, 4) is 11.5 Å². The molecule has 258 valence electrons. The zero-order valence-electron chi connectivity index (χ0n) is 29.3. The molecule has 5 saturated carbocycles. The summed E-state index contributed by atoms with van der Waals surface area (Å²) >= 11 is 0. The number of aromatic hydroxyl groups is 1. The van der Waals surface area contributed by atoms with Crippen molar-refractivity contribution in [3.05, 3.63) is 34.9 Å². The molecule has 10 rings (SSSR count). The largest absolute Gasteiger partial charge is 0.504 e. The molecule has 0 aromatic heterocycles. The van der Waals surface area contributed by atoms with Gasteiger partial charge in [-0.3, -0.25) is 4.90 Å². The quantitative estimate of drug-likeness (QED) is 0.191. The van der Waals surface area contributed by atoms with Crippen LogP contribution in [0.15, 0.2) is 34.0 Å². The maximum absolute atomic E-state index is 12.8. The van der Waals surface area contributed by atoms with E-state index >= 15 is 0 Å². The summed E-state index contributed by atoms with van der Waals surface area (Å²) in [5.41, 5.74) is 4.94. The molecule has 6 fully saturated rings. The Kier molecular flexibility index (Phi) is 6.49. The van der Waals surface area contributed by atoms with Crippen molar-refractivity contribution in [2.45, 2.75) is 140 Å². The van der Waals surface area contributed by atoms with Gasteiger partial charge < -0.3 is 20.1 Å². The second-order valence-corrected chi connectivity index (χ2v) is 18.4. The monoisotopic (exact) mass is 653 g/mol. The first-order chi connectivity index (χ1) is 23.1. The Morgan fingerprint density at radius 3 is 2.69 bits per heavy atom. The van der Waals surface area contributed by atoms with Crippen molar-refractivity contribution in [1.29, 1.82) is 0 Å². The zero-order valence-corrected chi connectivity index (χ0v) is 29.3. The highest BCUT2D eigenvalue weighted by Crippen LogP contribution is 2.67. The second kappa shape index (κ2) is 10.2. The number of rotatable bonds is 4. The van der Waals surface area contributed by atoms with Crippen LogP contribution >= 0.6 is 0 Å². The van der Waals surface area contributed by atoms with E-state index in [0.717, 1.165) is 79.9 Å². The van der Waals surface area contributed by atoms with Crippen molar-refractivity contribution < 1.29 is 20.1 Å². The van der Waals surface area contributed by atoms with E-state index in [1.807, 2.05) is 0 Å². The lowest BCUT2D eigenvalue weighted by Crippen LogP contribution is -2.76. The Morgan fingerprint density at radius 2 is 1.85 bits per heavy atom. The number of aliphatic hydroxyl groups excluding tert-OH is 1. The SMILES string of the molecule is C/C(=N\N=C1/CCC2(O)C3Cc4ccc(O)c5c4C2(CCN3CC2CC2)[C@@H]1O5)[C@H]1CC[C@H]2[C@@H]3CC=C4C[C@@H](O)CC[C@]4(C)[C@H]3CC[C@]12C. The van der Waals surface area contributed by atoms with Crippen molar-refractivity contribution >= 4 is 11.4 Å². The molecule has 2 heterocycles. The van der Waals surface area contributed by atoms with Gasteiger partial charge in [-0.2, -0.15) is 10.2 Å². The van der Waals surface area contributed by atoms with Crippen LogP contribution < -0.4 is 4.74 Å². The lowest BCUT2D eigenvalue weighted by Gasteiger charge is -2.63. The fraction of sp³-hybridized carbons (Fsp3) is 0.756. The van der Waals surface area contributed by atoms with Gasteiger partial charge in [0.05, 0.1) is 22.8 Å². The summed E-state index contributed by atoms with van der Waals surface area (Å²) in [5.74, 6) is 4.13. The maximum atomic E-state index is 12.8. The number of ether oxygens (including phenoxy) is 1. The molecule has 1 aromatic rings. The van der Waals surface area contributed by atoms with Crippen LogP contribution in [0.1, 0.15) is 115 Å². The summed E-state index contributed by atoms with van der Waals surface area (Å²) in [6.07, 6.45) is 16.7. The third kappa shape index (κ3) is 3.88. The molecule has 0 amide bonds. The molecule has 7 heteroatoms. The summed E-state index contributed by atoms with van der Waals surface area (Å²) in [6, 6.07) is 3.94. The van der Waals surface area contributed by atoms with Gasteiger partial charge >= 0.3 is 0 Å². The molecule has 1 spiro atoms. The van der Waals surface area contributed by atoms with E-state index in [1.165, 1.54) is 50.5 Å². The average molecular weight is 654 g/mol. The van der Waals surface area contributed by atoms with Crippen LogP contribution in [0.3, 0.4) is 0 Å². The van der Waals surface area contributed by atoms with Crippen LogP contribution in [0.4, 0.5) is 0 Å². The maximum Gasteiger partial charge on any atom is 0.166 e. The number of nitrogens with zero attached hydrogens (tertiary/aromatic N) is 3. The highest BCUT2D eigenvalue weighted by Gasteiger charge is 2.72. The van der Waals surface area contributed by atoms with E-state index in [0.29, 0.717) is 30.4 Å². The predicted octanol–water partition coefficient (Wildman–Crippen LogP) is 6.71. The van der Waals surface area contributed by atoms with Gasteiger partial charge in [-0.1, -0.05) is 31.6 Å². The number of hydrogen-bond donors (Lipinski definition) is 3. The number of fused-ring (bicyclic) bond motifs is 5. The lowest BCUT2D eigenvalue weighted by atomic mass is 9.47. The first-order valence-corrected chi connectivity index (χ1v) is 19.5. The highest BCUT2D eigenvalue weighted by atomic mass is 16.5. The minimum atomic E-state index is -0.902. The Labute approximate surface area is 285 Å². The number of phenols is 1. The fourth-order valence-electron chi connectivity index (χ4n) is 13.9. The molecule has 11 atom stereocenters. The third-order valence-electron chi connectivity index (χ3n) is 16.5. The van der Waals surface area contributed by atoms with E-state index in [9.17, 15) is 15.3 Å². The number of aliphatic hydroxyl groups is 2. The van der Waals surface area contributed by atoms with Gasteiger partial charge in [-0.15, -0.1) is 0 Å². The summed E-state index contributed by atoms with van der Waals surface area (Å²) in [4.78, 5) is 2.59. The number of hydrogen-bond acceptors (Lipinski definition) is 7. The van der Waals surface area contributed by atoms with Gasteiger partial charge in [0.15, 0.2) is 17.6 Å². The minimum Gasteiger partial charge on any atom is -0.504 e. The molecule has 1 saturated heterocycles. The third-order valence-corrected chi connectivity index (χ3v) is 16.5. The predicted molar refractivity (Wildman–Crippen MR) is 187 cm³/mol. The van der Waals surface area contributed by atoms with Gasteiger partial charge in [0.2, 0.25) is 0 Å². The highest BCUT2D eigenvalue weighted by molar-refractivity contribution is 5.95. The summed E-state index contributed by atoms with van der Waals surface area (Å²) in [5, 5.41) is 44.5. The topological polar surface area (TPSA) is 97.9 Å². The molecule has 2 bridgehead atoms. The molecule has 3 unspecified atom stereocenters. The fourth-order valence-corrected chi connectivity index (χ4v) is 13.9. The van der Waals surface area contributed by atoms with Crippen molar-refractivity contribution in [2.24, 2.45) is 50.6 Å². The number of benzene rings is 1. The van der Waals surface area contributed by atoms with Gasteiger partial charge in [0, 0.05) is 29.8 Å². The summed E-state index contributed by atoms with van der Waals surface area (Å²) in [7, 11) is 0. The van der Waals surface area contributed by atoms with Crippen LogP contribution in [0.2, 0.25) is 0 Å². The first-order valence-electron chi connectivity index (χ1n) is 19.5.